The summed E-state index contributed by atoms with van der Waals surface area (Å²) in [7, 11) is -4.64. The summed E-state index contributed by atoms with van der Waals surface area (Å²) >= 11 is 0. The summed E-state index contributed by atoms with van der Waals surface area (Å²) < 4.78 is 8.88. The van der Waals surface area contributed by atoms with Crippen LogP contribution in [-0.4, -0.2) is 26.5 Å². The molecule has 1 aromatic rings. The zero-order valence-corrected chi connectivity index (χ0v) is 9.37. The molecule has 7 N–H and O–H groups in total. The van der Waals surface area contributed by atoms with Crippen LogP contribution in [0.4, 0.5) is 0 Å². The lowest BCUT2D eigenvalue weighted by molar-refractivity contribution is 0.0967. The lowest BCUT2D eigenvalue weighted by atomic mass is 10.1. The first kappa shape index (κ1) is 15.3. The molecule has 17 heavy (non-hydrogen) atoms. The zero-order chi connectivity index (χ0) is 13.6. The number of amides is 2. The van der Waals surface area contributed by atoms with Gasteiger partial charge in [-0.25, -0.2) is 4.57 Å². The minimum absolute atomic E-state index is 0.157. The second kappa shape index (κ2) is 6.12. The van der Waals surface area contributed by atoms with E-state index in [1.807, 2.05) is 0 Å². The molecule has 0 spiro atoms. The molecule has 94 valence electrons. The minimum Gasteiger partial charge on any atom is -0.366 e. The standard InChI is InChI=1S/C8H8N2O2.H3O4P/c9-7(11)5-3-1-2-4-6(5)8(10)12;1-5(2,3)4/h1-4H,(H2,9,11)(H2,10,12);(H3,1,2,3,4). The van der Waals surface area contributed by atoms with Crippen LogP contribution in [0, 0.1) is 0 Å². The van der Waals surface area contributed by atoms with E-state index in [-0.39, 0.29) is 11.1 Å². The monoisotopic (exact) mass is 262 g/mol. The van der Waals surface area contributed by atoms with Crippen molar-refractivity contribution in [2.75, 3.05) is 0 Å². The number of primary amides is 2. The molecule has 0 fully saturated rings. The van der Waals surface area contributed by atoms with Gasteiger partial charge in [-0.05, 0) is 12.1 Å². The highest BCUT2D eigenvalue weighted by Crippen LogP contribution is 2.25. The van der Waals surface area contributed by atoms with E-state index < -0.39 is 19.6 Å². The second-order valence-electron chi connectivity index (χ2n) is 2.79. The van der Waals surface area contributed by atoms with E-state index in [9.17, 15) is 9.59 Å². The van der Waals surface area contributed by atoms with Crippen molar-refractivity contribution in [2.24, 2.45) is 11.5 Å². The number of nitrogens with two attached hydrogens (primary N) is 2. The average molecular weight is 262 g/mol. The molecular weight excluding hydrogens is 251 g/mol. The Morgan fingerprint density at radius 2 is 1.18 bits per heavy atom. The van der Waals surface area contributed by atoms with E-state index in [2.05, 4.69) is 0 Å². The molecule has 9 heteroatoms. The molecule has 0 unspecified atom stereocenters. The number of hydrogen-bond acceptors (Lipinski definition) is 3. The number of carbonyl (C=O) groups excluding carboxylic acids is 2. The van der Waals surface area contributed by atoms with Crippen molar-refractivity contribution in [2.45, 2.75) is 0 Å². The fraction of sp³-hybridized carbons (Fsp3) is 0. The normalized spacial score (nSPS) is 10.1. The number of rotatable bonds is 2. The third kappa shape index (κ3) is 7.20. The fourth-order valence-corrected chi connectivity index (χ4v) is 0.913. The smallest absolute Gasteiger partial charge is 0.366 e. The zero-order valence-electron chi connectivity index (χ0n) is 8.48. The molecule has 0 radical (unpaired) electrons. The van der Waals surface area contributed by atoms with E-state index in [1.54, 1.807) is 12.1 Å². The molecule has 0 heterocycles. The largest absolute Gasteiger partial charge is 0.466 e. The van der Waals surface area contributed by atoms with Gasteiger partial charge >= 0.3 is 7.82 Å². The summed E-state index contributed by atoms with van der Waals surface area (Å²) in [6.07, 6.45) is 0. The Balaban J connectivity index is 0.000000437. The SMILES string of the molecule is NC(=O)c1ccccc1C(N)=O.O=P(O)(O)O. The molecule has 0 aliphatic carbocycles. The molecular formula is C8H11N2O6P. The molecule has 0 saturated carbocycles. The third-order valence-electron chi connectivity index (χ3n) is 1.46. The molecule has 0 bridgehead atoms. The van der Waals surface area contributed by atoms with Gasteiger partial charge in [0.1, 0.15) is 0 Å². The maximum absolute atomic E-state index is 10.7. The number of hydrogen-bond donors (Lipinski definition) is 5. The summed E-state index contributed by atoms with van der Waals surface area (Å²) in [5.74, 6) is -1.30. The van der Waals surface area contributed by atoms with Crippen LogP contribution in [0.3, 0.4) is 0 Å². The van der Waals surface area contributed by atoms with E-state index in [0.29, 0.717) is 0 Å². The van der Waals surface area contributed by atoms with Gasteiger partial charge in [0, 0.05) is 0 Å². The first-order chi connectivity index (χ1) is 7.63. The maximum Gasteiger partial charge on any atom is 0.466 e. The molecule has 0 saturated heterocycles. The van der Waals surface area contributed by atoms with Crippen molar-refractivity contribution in [1.82, 2.24) is 0 Å². The van der Waals surface area contributed by atoms with Gasteiger partial charge in [0.15, 0.2) is 0 Å². The minimum atomic E-state index is -4.64. The van der Waals surface area contributed by atoms with Gasteiger partial charge < -0.3 is 26.1 Å². The van der Waals surface area contributed by atoms with Crippen LogP contribution in [0.5, 0.6) is 0 Å². The lowest BCUT2D eigenvalue weighted by Gasteiger charge is -2.00. The van der Waals surface area contributed by atoms with Crippen molar-refractivity contribution in [1.29, 1.82) is 0 Å². The van der Waals surface area contributed by atoms with Crippen LogP contribution in [0.25, 0.3) is 0 Å². The van der Waals surface area contributed by atoms with Gasteiger partial charge in [0.2, 0.25) is 11.8 Å². The summed E-state index contributed by atoms with van der Waals surface area (Å²) in [5.41, 5.74) is 10.3. The Morgan fingerprint density at radius 1 is 0.941 bits per heavy atom. The highest BCUT2D eigenvalue weighted by atomic mass is 31.2. The average Bonchev–Trinajstić information content (AvgIpc) is 2.15. The highest BCUT2D eigenvalue weighted by molar-refractivity contribution is 7.45. The van der Waals surface area contributed by atoms with Gasteiger partial charge in [0.05, 0.1) is 11.1 Å². The van der Waals surface area contributed by atoms with E-state index in [0.717, 1.165) is 0 Å². The second-order valence-corrected chi connectivity index (χ2v) is 3.81. The Morgan fingerprint density at radius 3 is 1.35 bits per heavy atom. The maximum atomic E-state index is 10.7. The van der Waals surface area contributed by atoms with Crippen LogP contribution in [0.2, 0.25) is 0 Å². The van der Waals surface area contributed by atoms with Gasteiger partial charge in [0.25, 0.3) is 0 Å². The quantitative estimate of drug-likeness (QED) is 0.427. The topological polar surface area (TPSA) is 164 Å². The summed E-state index contributed by atoms with van der Waals surface area (Å²) in [6, 6.07) is 6.16. The van der Waals surface area contributed by atoms with Crippen molar-refractivity contribution in [3.63, 3.8) is 0 Å². The van der Waals surface area contributed by atoms with Crippen LogP contribution in [-0.2, 0) is 4.57 Å². The first-order valence-corrected chi connectivity index (χ1v) is 5.66. The predicted octanol–water partition coefficient (Wildman–Crippen LogP) is -1.04. The number of carbonyl (C=O) groups is 2. The van der Waals surface area contributed by atoms with Crippen LogP contribution < -0.4 is 11.5 Å². The van der Waals surface area contributed by atoms with Crippen molar-refractivity contribution >= 4 is 19.6 Å². The molecule has 1 aromatic carbocycles. The third-order valence-corrected chi connectivity index (χ3v) is 1.46. The van der Waals surface area contributed by atoms with Gasteiger partial charge in [-0.15, -0.1) is 0 Å². The van der Waals surface area contributed by atoms with Crippen LogP contribution in [0.15, 0.2) is 24.3 Å². The number of phosphoric acid groups is 1. The molecule has 8 nitrogen and oxygen atoms in total. The van der Waals surface area contributed by atoms with Crippen LogP contribution >= 0.6 is 7.82 Å². The van der Waals surface area contributed by atoms with Crippen LogP contribution in [0.1, 0.15) is 20.7 Å². The van der Waals surface area contributed by atoms with E-state index in [4.69, 9.17) is 30.7 Å². The van der Waals surface area contributed by atoms with Gasteiger partial charge in [-0.1, -0.05) is 12.1 Å². The highest BCUT2D eigenvalue weighted by Gasteiger charge is 2.10. The molecule has 2 amide bonds. The Bertz CT molecular complexity index is 428. The first-order valence-electron chi connectivity index (χ1n) is 4.10. The predicted molar refractivity (Wildman–Crippen MR) is 57.7 cm³/mol. The molecule has 0 atom stereocenters. The fourth-order valence-electron chi connectivity index (χ4n) is 0.913. The van der Waals surface area contributed by atoms with Crippen molar-refractivity contribution in [3.05, 3.63) is 35.4 Å². The van der Waals surface area contributed by atoms with E-state index in [1.165, 1.54) is 12.1 Å². The van der Waals surface area contributed by atoms with E-state index >= 15 is 0 Å². The van der Waals surface area contributed by atoms with Crippen molar-refractivity contribution in [3.8, 4) is 0 Å². The Kier molecular flexibility index (Phi) is 5.49. The molecule has 0 aromatic heterocycles. The summed E-state index contributed by atoms with van der Waals surface area (Å²) in [4.78, 5) is 43.0. The van der Waals surface area contributed by atoms with Crippen molar-refractivity contribution < 1.29 is 28.8 Å². The lowest BCUT2D eigenvalue weighted by Crippen LogP contribution is -2.20. The summed E-state index contributed by atoms with van der Waals surface area (Å²) in [5, 5.41) is 0. The Labute approximate surface area is 96.1 Å². The van der Waals surface area contributed by atoms with Gasteiger partial charge in [-0.2, -0.15) is 0 Å². The molecule has 1 rings (SSSR count). The number of benzene rings is 1. The summed E-state index contributed by atoms with van der Waals surface area (Å²) in [6.45, 7) is 0. The molecule has 0 aliphatic rings. The van der Waals surface area contributed by atoms with Gasteiger partial charge in [-0.3, -0.25) is 9.59 Å². The Hall–Kier alpha value is -1.73. The molecule has 0 aliphatic heterocycles.